The van der Waals surface area contributed by atoms with Gasteiger partial charge in [0.2, 0.25) is 0 Å². The average molecular weight is 616 g/mol. The second-order valence-corrected chi connectivity index (χ2v) is 12.5. The van der Waals surface area contributed by atoms with Crippen LogP contribution in [0.25, 0.3) is 50.4 Å². The van der Waals surface area contributed by atoms with E-state index >= 15 is 0 Å². The van der Waals surface area contributed by atoms with Crippen molar-refractivity contribution in [2.75, 3.05) is 4.90 Å². The van der Waals surface area contributed by atoms with Gasteiger partial charge in [0.1, 0.15) is 11.3 Å². The molecule has 2 unspecified atom stereocenters. The smallest absolute Gasteiger partial charge is 0.135 e. The van der Waals surface area contributed by atoms with Crippen LogP contribution in [-0.4, -0.2) is 0 Å². The van der Waals surface area contributed by atoms with Crippen LogP contribution in [0.1, 0.15) is 17.2 Å². The summed E-state index contributed by atoms with van der Waals surface area (Å²) >= 11 is 0. The Kier molecular flexibility index (Phi) is 6.98. The molecular weight excluding hydrogens is 583 g/mol. The van der Waals surface area contributed by atoms with Crippen LogP contribution in [0.4, 0.5) is 17.1 Å². The number of furan rings is 1. The maximum Gasteiger partial charge on any atom is 0.135 e. The van der Waals surface area contributed by atoms with E-state index < -0.39 is 0 Å². The van der Waals surface area contributed by atoms with E-state index in [1.54, 1.807) is 0 Å². The molecule has 0 fully saturated rings. The van der Waals surface area contributed by atoms with Crippen molar-refractivity contribution >= 4 is 34.1 Å². The zero-order valence-electron chi connectivity index (χ0n) is 26.4. The van der Waals surface area contributed by atoms with E-state index in [4.69, 9.17) is 4.42 Å². The minimum atomic E-state index is 0.327. The van der Waals surface area contributed by atoms with E-state index in [1.165, 1.54) is 33.2 Å². The van der Waals surface area contributed by atoms with E-state index in [1.807, 2.05) is 0 Å². The Balaban J connectivity index is 1.10. The topological polar surface area (TPSA) is 16.4 Å². The van der Waals surface area contributed by atoms with Crippen LogP contribution in [0.15, 0.2) is 186 Å². The normalized spacial score (nSPS) is 16.1. The van der Waals surface area contributed by atoms with E-state index in [9.17, 15) is 0 Å². The van der Waals surface area contributed by atoms with E-state index in [-0.39, 0.29) is 0 Å². The highest BCUT2D eigenvalue weighted by atomic mass is 16.3. The first-order chi connectivity index (χ1) is 23.8. The molecule has 0 radical (unpaired) electrons. The number of allylic oxidation sites excluding steroid dienone is 5. The first-order valence-corrected chi connectivity index (χ1v) is 16.6. The van der Waals surface area contributed by atoms with Crippen LogP contribution in [0.5, 0.6) is 0 Å². The van der Waals surface area contributed by atoms with Gasteiger partial charge in [0.05, 0.1) is 5.69 Å². The summed E-state index contributed by atoms with van der Waals surface area (Å²) in [5.41, 5.74) is 12.6. The summed E-state index contributed by atoms with van der Waals surface area (Å²) in [4.78, 5) is 2.36. The quantitative estimate of drug-likeness (QED) is 0.185. The lowest BCUT2D eigenvalue weighted by atomic mass is 9.78. The summed E-state index contributed by atoms with van der Waals surface area (Å²) in [5.74, 6) is 1.69. The minimum absolute atomic E-state index is 0.327. The second-order valence-electron chi connectivity index (χ2n) is 12.5. The molecule has 2 aliphatic rings. The number of para-hydroxylation sites is 1. The van der Waals surface area contributed by atoms with Gasteiger partial charge in [0.15, 0.2) is 0 Å². The Morgan fingerprint density at radius 1 is 0.479 bits per heavy atom. The molecule has 2 atom stereocenters. The third-order valence-electron chi connectivity index (χ3n) is 9.66. The summed E-state index contributed by atoms with van der Waals surface area (Å²) in [5, 5.41) is 1.20. The molecule has 2 aliphatic carbocycles. The fourth-order valence-electron chi connectivity index (χ4n) is 7.27. The molecule has 6 aromatic carbocycles. The molecule has 0 saturated heterocycles. The van der Waals surface area contributed by atoms with Gasteiger partial charge < -0.3 is 9.32 Å². The van der Waals surface area contributed by atoms with Crippen LogP contribution >= 0.6 is 0 Å². The average Bonchev–Trinajstić information content (AvgIpc) is 3.55. The first kappa shape index (κ1) is 28.1. The van der Waals surface area contributed by atoms with Gasteiger partial charge in [0, 0.05) is 39.7 Å². The number of benzene rings is 6. The predicted octanol–water partition coefficient (Wildman–Crippen LogP) is 12.8. The predicted molar refractivity (Wildman–Crippen MR) is 201 cm³/mol. The zero-order chi connectivity index (χ0) is 31.9. The van der Waals surface area contributed by atoms with E-state index in [2.05, 4.69) is 193 Å². The van der Waals surface area contributed by atoms with Crippen LogP contribution in [0.2, 0.25) is 0 Å². The molecular formula is C46H33NO. The van der Waals surface area contributed by atoms with Crippen LogP contribution in [0.3, 0.4) is 0 Å². The van der Waals surface area contributed by atoms with Crippen molar-refractivity contribution in [1.82, 2.24) is 0 Å². The Hall–Kier alpha value is -6.12. The van der Waals surface area contributed by atoms with Crippen LogP contribution in [0, 0.1) is 5.92 Å². The lowest BCUT2D eigenvalue weighted by Crippen LogP contribution is -2.12. The standard InChI is InChI=1S/C46H33NO/c1-3-11-32(12-4-1)33-19-25-38(26-20-33)47(43-18-10-9-16-40(43)35-13-5-2-6-14-35)39-27-21-34(22-28-39)37-23-29-42-45(31-37)48-44-30-24-36-15-7-8-17-41(36)46(42)44/h1-31,36,41H. The Bertz CT molecular complexity index is 2320. The van der Waals surface area contributed by atoms with E-state index in [0.29, 0.717) is 11.8 Å². The summed E-state index contributed by atoms with van der Waals surface area (Å²) in [6.07, 6.45) is 13.3. The van der Waals surface area contributed by atoms with Gasteiger partial charge in [-0.05, 0) is 70.3 Å². The molecule has 2 nitrogen and oxygen atoms in total. The fraction of sp³-hybridized carbons (Fsp3) is 0.0435. The van der Waals surface area contributed by atoms with Gasteiger partial charge >= 0.3 is 0 Å². The first-order valence-electron chi connectivity index (χ1n) is 16.6. The number of hydrogen-bond acceptors (Lipinski definition) is 2. The van der Waals surface area contributed by atoms with Crippen molar-refractivity contribution in [3.05, 3.63) is 193 Å². The molecule has 228 valence electrons. The van der Waals surface area contributed by atoms with Gasteiger partial charge in [-0.3, -0.25) is 0 Å². The molecule has 9 rings (SSSR count). The number of anilines is 3. The van der Waals surface area contributed by atoms with Gasteiger partial charge in [-0.1, -0.05) is 146 Å². The summed E-state index contributed by atoms with van der Waals surface area (Å²) in [6.45, 7) is 0. The number of hydrogen-bond donors (Lipinski definition) is 0. The molecule has 7 aromatic rings. The Morgan fingerprint density at radius 3 is 1.79 bits per heavy atom. The van der Waals surface area contributed by atoms with Crippen LogP contribution in [-0.2, 0) is 0 Å². The molecule has 0 bridgehead atoms. The van der Waals surface area contributed by atoms with Crippen molar-refractivity contribution in [3.63, 3.8) is 0 Å². The molecule has 0 saturated carbocycles. The lowest BCUT2D eigenvalue weighted by Gasteiger charge is -2.28. The van der Waals surface area contributed by atoms with E-state index in [0.717, 1.165) is 39.5 Å². The molecule has 0 amide bonds. The molecule has 0 N–H and O–H groups in total. The lowest BCUT2D eigenvalue weighted by molar-refractivity contribution is 0.578. The summed E-state index contributed by atoms with van der Waals surface area (Å²) < 4.78 is 6.42. The molecule has 0 aliphatic heterocycles. The molecule has 1 heterocycles. The molecule has 0 spiro atoms. The number of fused-ring (bicyclic) bond motifs is 5. The number of nitrogens with zero attached hydrogens (tertiary/aromatic N) is 1. The van der Waals surface area contributed by atoms with Gasteiger partial charge in [-0.15, -0.1) is 0 Å². The fourth-order valence-corrected chi connectivity index (χ4v) is 7.27. The second kappa shape index (κ2) is 11.9. The molecule has 48 heavy (non-hydrogen) atoms. The summed E-state index contributed by atoms with van der Waals surface area (Å²) in [6, 6.07) is 54.3. The van der Waals surface area contributed by atoms with Gasteiger partial charge in [-0.25, -0.2) is 0 Å². The highest BCUT2D eigenvalue weighted by molar-refractivity contribution is 5.92. The van der Waals surface area contributed by atoms with Gasteiger partial charge in [0.25, 0.3) is 0 Å². The Labute approximate surface area is 281 Å². The number of rotatable bonds is 6. The SMILES string of the molecule is C1=CC2C=Cc3oc4cc(-c5ccc(N(c6ccc(-c7ccccc7)cc6)c6ccccc6-c6ccccc6)cc5)ccc4c3C2C=C1. The minimum Gasteiger partial charge on any atom is -0.456 e. The maximum atomic E-state index is 6.42. The van der Waals surface area contributed by atoms with Crippen molar-refractivity contribution in [1.29, 1.82) is 0 Å². The van der Waals surface area contributed by atoms with Crippen molar-refractivity contribution in [2.24, 2.45) is 5.92 Å². The highest BCUT2D eigenvalue weighted by Gasteiger charge is 2.29. The van der Waals surface area contributed by atoms with Gasteiger partial charge in [-0.2, -0.15) is 0 Å². The monoisotopic (exact) mass is 615 g/mol. The summed E-state index contributed by atoms with van der Waals surface area (Å²) in [7, 11) is 0. The third-order valence-corrected chi connectivity index (χ3v) is 9.66. The Morgan fingerprint density at radius 2 is 1.06 bits per heavy atom. The molecule has 1 aromatic heterocycles. The van der Waals surface area contributed by atoms with Crippen molar-refractivity contribution < 1.29 is 4.42 Å². The maximum absolute atomic E-state index is 6.42. The zero-order valence-corrected chi connectivity index (χ0v) is 26.4. The van der Waals surface area contributed by atoms with Crippen molar-refractivity contribution in [2.45, 2.75) is 5.92 Å². The molecule has 2 heteroatoms. The largest absolute Gasteiger partial charge is 0.456 e. The van der Waals surface area contributed by atoms with Crippen molar-refractivity contribution in [3.8, 4) is 33.4 Å². The highest BCUT2D eigenvalue weighted by Crippen LogP contribution is 2.45. The van der Waals surface area contributed by atoms with Crippen LogP contribution < -0.4 is 4.90 Å². The third kappa shape index (κ3) is 4.99.